The first-order valence-corrected chi connectivity index (χ1v) is 11.7. The van der Waals surface area contributed by atoms with Gasteiger partial charge < -0.3 is 0 Å². The Morgan fingerprint density at radius 2 is 1.71 bits per heavy atom. The van der Waals surface area contributed by atoms with Gasteiger partial charge in [-0.15, -0.1) is 0 Å². The molecule has 6 nitrogen and oxygen atoms in total. The Morgan fingerprint density at radius 3 is 2.29 bits per heavy atom. The molecule has 0 unspecified atom stereocenters. The van der Waals surface area contributed by atoms with Crippen LogP contribution in [0.5, 0.6) is 0 Å². The van der Waals surface area contributed by atoms with Gasteiger partial charge in [-0.25, -0.2) is 8.42 Å². The summed E-state index contributed by atoms with van der Waals surface area (Å²) in [5, 5.41) is 4.40. The summed E-state index contributed by atoms with van der Waals surface area (Å²) in [7, 11) is -3.41. The Hall–Kier alpha value is -1.70. The molecule has 1 saturated heterocycles. The number of nitrogens with zero attached hydrogens (tertiary/aromatic N) is 4. The lowest BCUT2D eigenvalue weighted by Crippen LogP contribution is -2.48. The highest BCUT2D eigenvalue weighted by Crippen LogP contribution is 2.20. The Balaban J connectivity index is 1.59. The van der Waals surface area contributed by atoms with E-state index in [-0.39, 0.29) is 0 Å². The number of piperazine rings is 1. The van der Waals surface area contributed by atoms with E-state index in [0.717, 1.165) is 45.4 Å². The lowest BCUT2D eigenvalue weighted by Gasteiger charge is -2.33. The van der Waals surface area contributed by atoms with E-state index in [1.54, 1.807) is 16.4 Å². The third kappa shape index (κ3) is 4.64. The van der Waals surface area contributed by atoms with Gasteiger partial charge in [0.15, 0.2) is 0 Å². The molecule has 0 amide bonds. The van der Waals surface area contributed by atoms with E-state index in [1.165, 1.54) is 16.8 Å². The van der Waals surface area contributed by atoms with E-state index in [4.69, 9.17) is 0 Å². The molecule has 0 aliphatic carbocycles. The van der Waals surface area contributed by atoms with Crippen molar-refractivity contribution in [3.05, 3.63) is 47.3 Å². The van der Waals surface area contributed by atoms with Crippen molar-refractivity contribution in [1.82, 2.24) is 19.0 Å². The van der Waals surface area contributed by atoms with Gasteiger partial charge in [-0.3, -0.25) is 9.58 Å². The zero-order chi connectivity index (χ0) is 20.1. The fourth-order valence-electron chi connectivity index (χ4n) is 3.69. The quantitative estimate of drug-likeness (QED) is 0.678. The molecule has 2 heterocycles. The molecule has 1 aromatic heterocycles. The topological polar surface area (TPSA) is 58.4 Å². The Bertz CT molecular complexity index is 866. The van der Waals surface area contributed by atoms with Crippen LogP contribution < -0.4 is 0 Å². The molecular formula is C21H32N4O2S. The predicted octanol–water partition coefficient (Wildman–Crippen LogP) is 3.06. The molecule has 1 aliphatic rings. The molecule has 2 aromatic rings. The number of aromatic nitrogens is 2. The van der Waals surface area contributed by atoms with Crippen molar-refractivity contribution in [2.24, 2.45) is 0 Å². The van der Waals surface area contributed by atoms with Crippen LogP contribution in [0.15, 0.2) is 35.4 Å². The SMILES string of the molecule is CCCCc1ccc(S(=O)(=O)N2CCN(Cc3cnn(CC)c3C)CC2)cc1. The van der Waals surface area contributed by atoms with Crippen LogP contribution in [0.3, 0.4) is 0 Å². The van der Waals surface area contributed by atoms with Gasteiger partial charge in [-0.1, -0.05) is 25.5 Å². The molecule has 0 spiro atoms. The van der Waals surface area contributed by atoms with Crippen LogP contribution in [-0.2, 0) is 29.5 Å². The molecule has 0 radical (unpaired) electrons. The van der Waals surface area contributed by atoms with E-state index < -0.39 is 10.0 Å². The highest BCUT2D eigenvalue weighted by molar-refractivity contribution is 7.89. The number of unbranched alkanes of at least 4 members (excludes halogenated alkanes) is 1. The van der Waals surface area contributed by atoms with Gasteiger partial charge >= 0.3 is 0 Å². The normalized spacial score (nSPS) is 16.5. The second-order valence-corrected chi connectivity index (χ2v) is 9.44. The van der Waals surface area contributed by atoms with Crippen LogP contribution in [0.1, 0.15) is 43.5 Å². The van der Waals surface area contributed by atoms with Crippen molar-refractivity contribution in [3.8, 4) is 0 Å². The van der Waals surface area contributed by atoms with Crippen LogP contribution in [0.25, 0.3) is 0 Å². The summed E-state index contributed by atoms with van der Waals surface area (Å²) >= 11 is 0. The fourth-order valence-corrected chi connectivity index (χ4v) is 5.11. The number of aryl methyl sites for hydroxylation is 2. The van der Waals surface area contributed by atoms with Crippen molar-refractivity contribution in [1.29, 1.82) is 0 Å². The minimum atomic E-state index is -3.41. The summed E-state index contributed by atoms with van der Waals surface area (Å²) in [6, 6.07) is 7.42. The summed E-state index contributed by atoms with van der Waals surface area (Å²) < 4.78 is 29.6. The minimum absolute atomic E-state index is 0.404. The van der Waals surface area contributed by atoms with E-state index >= 15 is 0 Å². The highest BCUT2D eigenvalue weighted by atomic mass is 32.2. The minimum Gasteiger partial charge on any atom is -0.296 e. The maximum atomic E-state index is 13.0. The summed E-state index contributed by atoms with van der Waals surface area (Å²) in [6.45, 7) is 10.6. The number of hydrogen-bond donors (Lipinski definition) is 0. The van der Waals surface area contributed by atoms with Crippen molar-refractivity contribution in [2.75, 3.05) is 26.2 Å². The van der Waals surface area contributed by atoms with E-state index in [9.17, 15) is 8.42 Å². The van der Waals surface area contributed by atoms with Gasteiger partial charge in [0.1, 0.15) is 0 Å². The van der Waals surface area contributed by atoms with E-state index in [1.807, 2.05) is 23.0 Å². The molecule has 0 N–H and O–H groups in total. The van der Waals surface area contributed by atoms with Gasteiger partial charge in [0.2, 0.25) is 10.0 Å². The predicted molar refractivity (Wildman–Crippen MR) is 112 cm³/mol. The average Bonchev–Trinajstić information content (AvgIpc) is 3.06. The second-order valence-electron chi connectivity index (χ2n) is 7.50. The zero-order valence-electron chi connectivity index (χ0n) is 17.3. The van der Waals surface area contributed by atoms with Crippen LogP contribution >= 0.6 is 0 Å². The molecule has 28 heavy (non-hydrogen) atoms. The molecule has 1 aliphatic heterocycles. The average molecular weight is 405 g/mol. The highest BCUT2D eigenvalue weighted by Gasteiger charge is 2.28. The molecular weight excluding hydrogens is 372 g/mol. The fraction of sp³-hybridized carbons (Fsp3) is 0.571. The van der Waals surface area contributed by atoms with Crippen molar-refractivity contribution >= 4 is 10.0 Å². The van der Waals surface area contributed by atoms with Crippen molar-refractivity contribution in [3.63, 3.8) is 0 Å². The molecule has 0 saturated carbocycles. The molecule has 7 heteroatoms. The third-order valence-corrected chi connectivity index (χ3v) is 7.52. The van der Waals surface area contributed by atoms with Crippen LogP contribution in [0.4, 0.5) is 0 Å². The van der Waals surface area contributed by atoms with Crippen LogP contribution in [-0.4, -0.2) is 53.6 Å². The van der Waals surface area contributed by atoms with Gasteiger partial charge in [-0.2, -0.15) is 9.40 Å². The first-order valence-electron chi connectivity index (χ1n) is 10.3. The van der Waals surface area contributed by atoms with Crippen LogP contribution in [0.2, 0.25) is 0 Å². The largest absolute Gasteiger partial charge is 0.296 e. The molecule has 0 atom stereocenters. The standard InChI is InChI=1S/C21H32N4O2S/c1-4-6-7-19-8-10-21(11-9-19)28(26,27)24-14-12-23(13-15-24)17-20-16-22-25(5-2)18(20)3/h8-11,16H,4-7,12-15,17H2,1-3H3. The lowest BCUT2D eigenvalue weighted by atomic mass is 10.1. The Kier molecular flexibility index (Phi) is 6.91. The van der Waals surface area contributed by atoms with Gasteiger partial charge in [0, 0.05) is 50.5 Å². The number of sulfonamides is 1. The van der Waals surface area contributed by atoms with E-state index in [2.05, 4.69) is 30.8 Å². The molecule has 0 bridgehead atoms. The Morgan fingerprint density at radius 1 is 1.04 bits per heavy atom. The summed E-state index contributed by atoms with van der Waals surface area (Å²) in [6.07, 6.45) is 5.21. The maximum Gasteiger partial charge on any atom is 0.243 e. The maximum absolute atomic E-state index is 13.0. The molecule has 3 rings (SSSR count). The van der Waals surface area contributed by atoms with Crippen molar-refractivity contribution < 1.29 is 8.42 Å². The van der Waals surface area contributed by atoms with Crippen LogP contribution in [0, 0.1) is 6.92 Å². The molecule has 1 fully saturated rings. The first kappa shape index (κ1) is 21.0. The summed E-state index contributed by atoms with van der Waals surface area (Å²) in [5.74, 6) is 0. The third-order valence-electron chi connectivity index (χ3n) is 5.61. The Labute approximate surface area is 169 Å². The smallest absolute Gasteiger partial charge is 0.243 e. The van der Waals surface area contributed by atoms with Gasteiger partial charge in [-0.05, 0) is 44.4 Å². The van der Waals surface area contributed by atoms with Crippen molar-refractivity contribution in [2.45, 2.75) is 58.0 Å². The summed E-state index contributed by atoms with van der Waals surface area (Å²) in [5.41, 5.74) is 3.62. The summed E-state index contributed by atoms with van der Waals surface area (Å²) in [4.78, 5) is 2.71. The van der Waals surface area contributed by atoms with Gasteiger partial charge in [0.05, 0.1) is 11.1 Å². The molecule has 1 aromatic carbocycles. The number of rotatable bonds is 8. The number of hydrogen-bond acceptors (Lipinski definition) is 4. The van der Waals surface area contributed by atoms with E-state index in [0.29, 0.717) is 18.0 Å². The number of benzene rings is 1. The second kappa shape index (κ2) is 9.20. The van der Waals surface area contributed by atoms with Gasteiger partial charge in [0.25, 0.3) is 0 Å². The zero-order valence-corrected chi connectivity index (χ0v) is 18.1. The first-order chi connectivity index (χ1) is 13.5. The molecule has 154 valence electrons. The lowest BCUT2D eigenvalue weighted by molar-refractivity contribution is 0.181. The monoisotopic (exact) mass is 404 g/mol.